The molecule has 6 heteroatoms. The van der Waals surface area contributed by atoms with Crippen molar-refractivity contribution in [3.8, 4) is 0 Å². The van der Waals surface area contributed by atoms with E-state index < -0.39 is 5.60 Å². The first-order valence-corrected chi connectivity index (χ1v) is 8.15. The molecule has 1 aliphatic rings. The molecule has 1 saturated heterocycles. The van der Waals surface area contributed by atoms with Gasteiger partial charge in [-0.25, -0.2) is 4.98 Å². The third kappa shape index (κ3) is 3.49. The Morgan fingerprint density at radius 2 is 2.30 bits per heavy atom. The second-order valence-electron chi connectivity index (χ2n) is 5.25. The van der Waals surface area contributed by atoms with E-state index in [2.05, 4.69) is 29.0 Å². The lowest BCUT2D eigenvalue weighted by atomic mass is 9.97. The summed E-state index contributed by atoms with van der Waals surface area (Å²) in [5.41, 5.74) is -0.730. The van der Waals surface area contributed by atoms with Gasteiger partial charge in [0.15, 0.2) is 5.13 Å². The second kappa shape index (κ2) is 6.85. The Kier molecular flexibility index (Phi) is 5.37. The zero-order chi connectivity index (χ0) is 14.6. The quantitative estimate of drug-likeness (QED) is 0.801. The van der Waals surface area contributed by atoms with Gasteiger partial charge in [-0.15, -0.1) is 11.3 Å². The highest BCUT2D eigenvalue weighted by atomic mass is 32.1. The van der Waals surface area contributed by atoms with Crippen LogP contribution in [0.2, 0.25) is 0 Å². The van der Waals surface area contributed by atoms with Crippen LogP contribution in [-0.2, 0) is 11.3 Å². The molecule has 5 nitrogen and oxygen atoms in total. The Bertz CT molecular complexity index is 422. The van der Waals surface area contributed by atoms with Gasteiger partial charge in [-0.1, -0.05) is 0 Å². The van der Waals surface area contributed by atoms with Crippen molar-refractivity contribution in [3.05, 3.63) is 11.1 Å². The van der Waals surface area contributed by atoms with Crippen molar-refractivity contribution in [2.75, 3.05) is 31.1 Å². The van der Waals surface area contributed by atoms with Gasteiger partial charge < -0.3 is 20.1 Å². The number of ether oxygens (including phenoxy) is 1. The average molecular weight is 299 g/mol. The number of hydrogen-bond donors (Lipinski definition) is 2. The Morgan fingerprint density at radius 1 is 1.55 bits per heavy atom. The minimum absolute atomic E-state index is 0.0947. The third-order valence-electron chi connectivity index (χ3n) is 3.97. The number of hydrogen-bond acceptors (Lipinski definition) is 6. The van der Waals surface area contributed by atoms with Gasteiger partial charge in [-0.05, 0) is 20.8 Å². The monoisotopic (exact) mass is 299 g/mol. The molecule has 2 N–H and O–H groups in total. The molecule has 0 bridgehead atoms. The van der Waals surface area contributed by atoms with E-state index in [9.17, 15) is 5.11 Å². The topological polar surface area (TPSA) is 57.6 Å². The fourth-order valence-corrected chi connectivity index (χ4v) is 3.43. The first-order valence-electron chi connectivity index (χ1n) is 7.33. The van der Waals surface area contributed by atoms with Crippen LogP contribution in [0.25, 0.3) is 0 Å². The van der Waals surface area contributed by atoms with Crippen molar-refractivity contribution >= 4 is 16.5 Å². The summed E-state index contributed by atoms with van der Waals surface area (Å²) in [6.07, 6.45) is 2.53. The summed E-state index contributed by atoms with van der Waals surface area (Å²) in [7, 11) is 0. The van der Waals surface area contributed by atoms with Crippen molar-refractivity contribution in [2.24, 2.45) is 0 Å². The van der Waals surface area contributed by atoms with Crippen LogP contribution < -0.4 is 10.2 Å². The Balaban J connectivity index is 1.83. The Morgan fingerprint density at radius 3 is 2.90 bits per heavy atom. The highest BCUT2D eigenvalue weighted by Gasteiger charge is 2.38. The number of aromatic nitrogens is 1. The first-order chi connectivity index (χ1) is 9.59. The lowest BCUT2D eigenvalue weighted by Gasteiger charge is -2.26. The van der Waals surface area contributed by atoms with Crippen LogP contribution in [-0.4, -0.2) is 48.0 Å². The fourth-order valence-electron chi connectivity index (χ4n) is 2.42. The molecule has 1 aliphatic heterocycles. The van der Waals surface area contributed by atoms with E-state index in [1.165, 1.54) is 4.88 Å². The van der Waals surface area contributed by atoms with E-state index in [1.807, 2.05) is 13.1 Å². The van der Waals surface area contributed by atoms with Crippen LogP contribution in [0.4, 0.5) is 5.13 Å². The van der Waals surface area contributed by atoms with Gasteiger partial charge in [-0.2, -0.15) is 0 Å². The molecular weight excluding hydrogens is 274 g/mol. The highest BCUT2D eigenvalue weighted by molar-refractivity contribution is 7.15. The minimum atomic E-state index is -0.730. The molecule has 0 spiro atoms. The van der Waals surface area contributed by atoms with Crippen LogP contribution in [0, 0.1) is 0 Å². The summed E-state index contributed by atoms with van der Waals surface area (Å²) >= 11 is 1.71. The lowest BCUT2D eigenvalue weighted by Crippen LogP contribution is -2.45. The zero-order valence-corrected chi connectivity index (χ0v) is 13.4. The molecule has 0 aromatic carbocycles. The molecule has 0 radical (unpaired) electrons. The first kappa shape index (κ1) is 15.7. The SMILES string of the molecule is CCN(CC)c1ncc(CNCC2(O)CCOC2C)s1. The van der Waals surface area contributed by atoms with Gasteiger partial charge in [0.2, 0.25) is 0 Å². The minimum Gasteiger partial charge on any atom is -0.386 e. The predicted molar refractivity (Wildman–Crippen MR) is 82.4 cm³/mol. The average Bonchev–Trinajstić information content (AvgIpc) is 3.01. The fraction of sp³-hybridized carbons (Fsp3) is 0.786. The van der Waals surface area contributed by atoms with Crippen molar-refractivity contribution < 1.29 is 9.84 Å². The maximum atomic E-state index is 10.4. The molecule has 0 aliphatic carbocycles. The second-order valence-corrected chi connectivity index (χ2v) is 6.35. The van der Waals surface area contributed by atoms with Gasteiger partial charge in [0.1, 0.15) is 5.60 Å². The van der Waals surface area contributed by atoms with Gasteiger partial charge in [0, 0.05) is 50.3 Å². The van der Waals surface area contributed by atoms with E-state index in [0.29, 0.717) is 19.6 Å². The number of nitrogens with one attached hydrogen (secondary N) is 1. The molecule has 20 heavy (non-hydrogen) atoms. The van der Waals surface area contributed by atoms with Crippen molar-refractivity contribution in [1.82, 2.24) is 10.3 Å². The maximum absolute atomic E-state index is 10.4. The largest absolute Gasteiger partial charge is 0.386 e. The molecule has 1 aromatic heterocycles. The van der Waals surface area contributed by atoms with Crippen LogP contribution in [0.1, 0.15) is 32.1 Å². The van der Waals surface area contributed by atoms with Crippen molar-refractivity contribution in [1.29, 1.82) is 0 Å². The molecule has 1 fully saturated rings. The summed E-state index contributed by atoms with van der Waals surface area (Å²) < 4.78 is 5.43. The number of rotatable bonds is 7. The predicted octanol–water partition coefficient (Wildman–Crippen LogP) is 1.62. The van der Waals surface area contributed by atoms with E-state index >= 15 is 0 Å². The summed E-state index contributed by atoms with van der Waals surface area (Å²) in [5, 5.41) is 14.8. The molecule has 114 valence electrons. The number of thiazole rings is 1. The van der Waals surface area contributed by atoms with E-state index in [0.717, 1.165) is 24.8 Å². The van der Waals surface area contributed by atoms with Gasteiger partial charge in [0.05, 0.1) is 6.10 Å². The summed E-state index contributed by atoms with van der Waals surface area (Å²) in [6, 6.07) is 0. The maximum Gasteiger partial charge on any atom is 0.185 e. The number of anilines is 1. The molecule has 0 saturated carbocycles. The summed E-state index contributed by atoms with van der Waals surface area (Å²) in [5.74, 6) is 0. The van der Waals surface area contributed by atoms with Gasteiger partial charge in [0.25, 0.3) is 0 Å². The third-order valence-corrected chi connectivity index (χ3v) is 5.02. The van der Waals surface area contributed by atoms with Crippen LogP contribution in [0.15, 0.2) is 6.20 Å². The van der Waals surface area contributed by atoms with E-state index in [4.69, 9.17) is 4.74 Å². The Labute approximate surface area is 125 Å². The highest BCUT2D eigenvalue weighted by Crippen LogP contribution is 2.25. The molecular formula is C14H25N3O2S. The zero-order valence-electron chi connectivity index (χ0n) is 12.6. The van der Waals surface area contributed by atoms with Gasteiger partial charge >= 0.3 is 0 Å². The summed E-state index contributed by atoms with van der Waals surface area (Å²) in [6.45, 7) is 10.1. The van der Waals surface area contributed by atoms with Crippen molar-refractivity contribution in [3.63, 3.8) is 0 Å². The van der Waals surface area contributed by atoms with Crippen LogP contribution in [0.5, 0.6) is 0 Å². The molecule has 2 heterocycles. The summed E-state index contributed by atoms with van der Waals surface area (Å²) in [4.78, 5) is 7.90. The lowest BCUT2D eigenvalue weighted by molar-refractivity contribution is -0.0262. The van der Waals surface area contributed by atoms with E-state index in [-0.39, 0.29) is 6.10 Å². The number of aliphatic hydroxyl groups is 1. The Hall–Kier alpha value is -0.690. The smallest absolute Gasteiger partial charge is 0.185 e. The molecule has 2 rings (SSSR count). The normalized spacial score (nSPS) is 26.1. The van der Waals surface area contributed by atoms with Crippen LogP contribution in [0.3, 0.4) is 0 Å². The molecule has 2 unspecified atom stereocenters. The van der Waals surface area contributed by atoms with Crippen LogP contribution >= 0.6 is 11.3 Å². The molecule has 2 atom stereocenters. The van der Waals surface area contributed by atoms with E-state index in [1.54, 1.807) is 11.3 Å². The standard InChI is InChI=1S/C14H25N3O2S/c1-4-17(5-2)13-16-9-12(20-13)8-15-10-14(18)6-7-19-11(14)3/h9,11,15,18H,4-8,10H2,1-3H3. The molecule has 1 aromatic rings. The number of nitrogens with zero attached hydrogens (tertiary/aromatic N) is 2. The van der Waals surface area contributed by atoms with Crippen molar-refractivity contribution in [2.45, 2.75) is 45.4 Å². The van der Waals surface area contributed by atoms with Gasteiger partial charge in [-0.3, -0.25) is 0 Å². The molecule has 0 amide bonds.